The molecule has 1 aliphatic heterocycles. The summed E-state index contributed by atoms with van der Waals surface area (Å²) in [5.41, 5.74) is 3.78. The van der Waals surface area contributed by atoms with Gasteiger partial charge in [0.25, 0.3) is 0 Å². The van der Waals surface area contributed by atoms with Crippen molar-refractivity contribution in [3.05, 3.63) is 0 Å². The van der Waals surface area contributed by atoms with Gasteiger partial charge in [0, 0.05) is 32.2 Å². The van der Waals surface area contributed by atoms with Gasteiger partial charge in [0.05, 0.1) is 0 Å². The fourth-order valence-electron chi connectivity index (χ4n) is 3.57. The Bertz CT molecular complexity index is 223. The molecule has 2 saturated carbocycles. The largest absolute Gasteiger partial charge is 0.304 e. The number of hydrazine groups is 1. The van der Waals surface area contributed by atoms with E-state index in [4.69, 9.17) is 0 Å². The Balaban J connectivity index is 1.49. The molecule has 1 heterocycles. The van der Waals surface area contributed by atoms with Gasteiger partial charge in [-0.1, -0.05) is 6.42 Å². The van der Waals surface area contributed by atoms with E-state index < -0.39 is 0 Å². The highest BCUT2D eigenvalue weighted by molar-refractivity contribution is 4.93. The summed E-state index contributed by atoms with van der Waals surface area (Å²) >= 11 is 0. The zero-order chi connectivity index (χ0) is 10.3. The molecule has 0 spiro atoms. The van der Waals surface area contributed by atoms with Gasteiger partial charge in [-0.25, -0.2) is 5.01 Å². The van der Waals surface area contributed by atoms with E-state index in [1.807, 2.05) is 0 Å². The zero-order valence-corrected chi connectivity index (χ0v) is 9.78. The number of fused-ring (bicyclic) bond motifs is 2. The van der Waals surface area contributed by atoms with Crippen LogP contribution in [0.4, 0.5) is 0 Å². The van der Waals surface area contributed by atoms with Crippen LogP contribution in [-0.4, -0.2) is 49.2 Å². The van der Waals surface area contributed by atoms with Crippen molar-refractivity contribution in [3.63, 3.8) is 0 Å². The molecule has 1 saturated heterocycles. The van der Waals surface area contributed by atoms with E-state index in [9.17, 15) is 0 Å². The van der Waals surface area contributed by atoms with Crippen molar-refractivity contribution in [3.8, 4) is 0 Å². The Morgan fingerprint density at radius 2 is 1.80 bits per heavy atom. The van der Waals surface area contributed by atoms with Crippen LogP contribution in [-0.2, 0) is 0 Å². The molecule has 0 radical (unpaired) electrons. The van der Waals surface area contributed by atoms with E-state index in [1.165, 1.54) is 51.9 Å². The lowest BCUT2D eigenvalue weighted by Crippen LogP contribution is -2.54. The summed E-state index contributed by atoms with van der Waals surface area (Å²) in [5, 5.41) is 2.46. The predicted octanol–water partition coefficient (Wildman–Crippen LogP) is 0.927. The molecule has 3 fully saturated rings. The maximum atomic E-state index is 3.78. The first-order valence-electron chi connectivity index (χ1n) is 6.51. The van der Waals surface area contributed by atoms with Crippen molar-refractivity contribution in [2.75, 3.05) is 33.2 Å². The highest BCUT2D eigenvalue weighted by Crippen LogP contribution is 2.44. The molecule has 86 valence electrons. The molecule has 3 nitrogen and oxygen atoms in total. The SMILES string of the molecule is CN1CCN(NC2CC3CCC2C3)CC1. The van der Waals surface area contributed by atoms with Crippen LogP contribution >= 0.6 is 0 Å². The molecule has 2 aliphatic carbocycles. The lowest BCUT2D eigenvalue weighted by Gasteiger charge is -2.36. The van der Waals surface area contributed by atoms with Gasteiger partial charge in [0.15, 0.2) is 0 Å². The number of rotatable bonds is 2. The Morgan fingerprint density at radius 3 is 2.40 bits per heavy atom. The first-order chi connectivity index (χ1) is 7.31. The molecule has 0 aromatic heterocycles. The lowest BCUT2D eigenvalue weighted by atomic mass is 9.96. The summed E-state index contributed by atoms with van der Waals surface area (Å²) in [6, 6.07) is 0.812. The third kappa shape index (κ3) is 2.05. The minimum atomic E-state index is 0.812. The summed E-state index contributed by atoms with van der Waals surface area (Å²) in [5.74, 6) is 2.05. The molecular weight excluding hydrogens is 186 g/mol. The van der Waals surface area contributed by atoms with Gasteiger partial charge in [-0.15, -0.1) is 0 Å². The van der Waals surface area contributed by atoms with Gasteiger partial charge in [-0.3, -0.25) is 5.43 Å². The fraction of sp³-hybridized carbons (Fsp3) is 1.00. The van der Waals surface area contributed by atoms with Gasteiger partial charge < -0.3 is 4.90 Å². The highest BCUT2D eigenvalue weighted by Gasteiger charge is 2.40. The molecule has 3 heteroatoms. The average molecular weight is 209 g/mol. The summed E-state index contributed by atoms with van der Waals surface area (Å²) in [7, 11) is 2.22. The number of hydrogen-bond acceptors (Lipinski definition) is 3. The summed E-state index contributed by atoms with van der Waals surface area (Å²) in [4.78, 5) is 2.42. The number of hydrogen-bond donors (Lipinski definition) is 1. The van der Waals surface area contributed by atoms with Crippen molar-refractivity contribution in [2.45, 2.75) is 31.7 Å². The van der Waals surface area contributed by atoms with E-state index in [0.29, 0.717) is 0 Å². The fourth-order valence-corrected chi connectivity index (χ4v) is 3.57. The van der Waals surface area contributed by atoms with E-state index in [2.05, 4.69) is 22.4 Å². The van der Waals surface area contributed by atoms with Crippen LogP contribution in [0.1, 0.15) is 25.7 Å². The molecule has 3 rings (SSSR count). The van der Waals surface area contributed by atoms with Gasteiger partial charge in [-0.05, 0) is 38.1 Å². The maximum absolute atomic E-state index is 3.78. The summed E-state index contributed by atoms with van der Waals surface area (Å²) in [6.07, 6.45) is 5.93. The van der Waals surface area contributed by atoms with Crippen LogP contribution in [0, 0.1) is 11.8 Å². The van der Waals surface area contributed by atoms with Crippen molar-refractivity contribution < 1.29 is 0 Å². The molecule has 1 N–H and O–H groups in total. The van der Waals surface area contributed by atoms with Crippen LogP contribution in [0.3, 0.4) is 0 Å². The van der Waals surface area contributed by atoms with E-state index in [-0.39, 0.29) is 0 Å². The third-order valence-corrected chi connectivity index (χ3v) is 4.59. The zero-order valence-electron chi connectivity index (χ0n) is 9.78. The molecule has 2 bridgehead atoms. The molecule has 3 atom stereocenters. The number of likely N-dealkylation sites (N-methyl/N-ethyl adjacent to an activating group) is 1. The Morgan fingerprint density at radius 1 is 1.00 bits per heavy atom. The smallest absolute Gasteiger partial charge is 0.0259 e. The second-order valence-corrected chi connectivity index (χ2v) is 5.70. The number of nitrogens with zero attached hydrogens (tertiary/aromatic N) is 2. The Labute approximate surface area is 92.8 Å². The van der Waals surface area contributed by atoms with Crippen molar-refractivity contribution in [2.24, 2.45) is 11.8 Å². The third-order valence-electron chi connectivity index (χ3n) is 4.59. The molecular formula is C12H23N3. The highest BCUT2D eigenvalue weighted by atomic mass is 15.5. The molecule has 15 heavy (non-hydrogen) atoms. The van der Waals surface area contributed by atoms with Gasteiger partial charge in [0.2, 0.25) is 0 Å². The van der Waals surface area contributed by atoms with Crippen LogP contribution in [0.15, 0.2) is 0 Å². The van der Waals surface area contributed by atoms with E-state index >= 15 is 0 Å². The van der Waals surface area contributed by atoms with Crippen LogP contribution < -0.4 is 5.43 Å². The molecule has 3 unspecified atom stereocenters. The van der Waals surface area contributed by atoms with Crippen molar-refractivity contribution >= 4 is 0 Å². The number of piperazine rings is 1. The van der Waals surface area contributed by atoms with Crippen LogP contribution in [0.25, 0.3) is 0 Å². The lowest BCUT2D eigenvalue weighted by molar-refractivity contribution is 0.0740. The van der Waals surface area contributed by atoms with Gasteiger partial charge in [-0.2, -0.15) is 0 Å². The monoisotopic (exact) mass is 209 g/mol. The molecule has 0 aromatic carbocycles. The summed E-state index contributed by atoms with van der Waals surface area (Å²) < 4.78 is 0. The minimum Gasteiger partial charge on any atom is -0.304 e. The second-order valence-electron chi connectivity index (χ2n) is 5.70. The quantitative estimate of drug-likeness (QED) is 0.730. The first-order valence-corrected chi connectivity index (χ1v) is 6.51. The van der Waals surface area contributed by atoms with E-state index in [1.54, 1.807) is 0 Å². The summed E-state index contributed by atoms with van der Waals surface area (Å²) in [6.45, 7) is 4.83. The minimum absolute atomic E-state index is 0.812. The Kier molecular flexibility index (Phi) is 2.71. The first kappa shape index (κ1) is 10.1. The van der Waals surface area contributed by atoms with Crippen LogP contribution in [0.2, 0.25) is 0 Å². The predicted molar refractivity (Wildman–Crippen MR) is 61.4 cm³/mol. The second kappa shape index (κ2) is 4.04. The molecule has 0 amide bonds. The number of nitrogens with one attached hydrogen (secondary N) is 1. The van der Waals surface area contributed by atoms with Crippen LogP contribution in [0.5, 0.6) is 0 Å². The average Bonchev–Trinajstić information content (AvgIpc) is 2.83. The maximum Gasteiger partial charge on any atom is 0.0259 e. The standard InChI is InChI=1S/C12H23N3/c1-14-4-6-15(7-5-14)13-12-9-10-2-3-11(12)8-10/h10-13H,2-9H2,1H3. The van der Waals surface area contributed by atoms with Crippen molar-refractivity contribution in [1.29, 1.82) is 0 Å². The van der Waals surface area contributed by atoms with Gasteiger partial charge in [0.1, 0.15) is 0 Å². The normalized spacial score (nSPS) is 42.6. The Hall–Kier alpha value is -0.120. The van der Waals surface area contributed by atoms with Crippen molar-refractivity contribution in [1.82, 2.24) is 15.3 Å². The molecule has 0 aromatic rings. The molecule has 3 aliphatic rings. The van der Waals surface area contributed by atoms with E-state index in [0.717, 1.165) is 17.9 Å². The van der Waals surface area contributed by atoms with Gasteiger partial charge >= 0.3 is 0 Å². The topological polar surface area (TPSA) is 18.5 Å².